The maximum atomic E-state index is 14.5. The van der Waals surface area contributed by atoms with E-state index < -0.39 is 5.67 Å². The van der Waals surface area contributed by atoms with Gasteiger partial charge in [-0.15, -0.1) is 11.3 Å². The first-order valence-electron chi connectivity index (χ1n) is 8.49. The van der Waals surface area contributed by atoms with Gasteiger partial charge in [-0.05, 0) is 54.8 Å². The third-order valence-electron chi connectivity index (χ3n) is 4.81. The van der Waals surface area contributed by atoms with Crippen LogP contribution in [-0.4, -0.2) is 33.1 Å². The van der Waals surface area contributed by atoms with Crippen LogP contribution in [0.25, 0.3) is 10.9 Å². The Morgan fingerprint density at radius 1 is 1.40 bits per heavy atom. The highest BCUT2D eigenvalue weighted by molar-refractivity contribution is 9.11. The van der Waals surface area contributed by atoms with Crippen molar-refractivity contribution in [2.24, 2.45) is 0 Å². The van der Waals surface area contributed by atoms with Gasteiger partial charge in [0.25, 0.3) is 0 Å². The van der Waals surface area contributed by atoms with E-state index in [9.17, 15) is 4.39 Å². The van der Waals surface area contributed by atoms with Crippen molar-refractivity contribution in [2.75, 3.05) is 6.54 Å². The number of nitrogens with zero attached hydrogens (tertiary/aromatic N) is 2. The molecule has 3 heterocycles. The molecule has 1 aliphatic rings. The van der Waals surface area contributed by atoms with Crippen molar-refractivity contribution in [3.05, 3.63) is 50.5 Å². The second-order valence-electron chi connectivity index (χ2n) is 7.41. The molecular formula is C19H21BrFN3S. The van der Waals surface area contributed by atoms with Crippen LogP contribution in [-0.2, 0) is 6.42 Å². The van der Waals surface area contributed by atoms with E-state index in [2.05, 4.69) is 55.9 Å². The van der Waals surface area contributed by atoms with E-state index >= 15 is 0 Å². The summed E-state index contributed by atoms with van der Waals surface area (Å²) in [6.07, 6.45) is 2.75. The molecule has 0 fully saturated rings. The molecule has 2 atom stereocenters. The average Bonchev–Trinajstić information content (AvgIpc) is 3.10. The van der Waals surface area contributed by atoms with Gasteiger partial charge in [-0.2, -0.15) is 0 Å². The number of H-pyrrole nitrogens is 1. The van der Waals surface area contributed by atoms with Crippen LogP contribution in [0.5, 0.6) is 0 Å². The summed E-state index contributed by atoms with van der Waals surface area (Å²) in [7, 11) is 0. The Hall–Kier alpha value is -1.24. The first-order valence-corrected chi connectivity index (χ1v) is 10.1. The van der Waals surface area contributed by atoms with E-state index in [4.69, 9.17) is 0 Å². The molecule has 0 spiro atoms. The lowest BCUT2D eigenvalue weighted by molar-refractivity contribution is 0.0667. The third kappa shape index (κ3) is 3.15. The zero-order valence-electron chi connectivity index (χ0n) is 14.5. The summed E-state index contributed by atoms with van der Waals surface area (Å²) in [5.41, 5.74) is 2.38. The lowest BCUT2D eigenvalue weighted by atomic mass is 9.91. The van der Waals surface area contributed by atoms with Gasteiger partial charge in [-0.25, -0.2) is 9.37 Å². The summed E-state index contributed by atoms with van der Waals surface area (Å²) >= 11 is 5.14. The van der Waals surface area contributed by atoms with Crippen LogP contribution in [0.3, 0.4) is 0 Å². The maximum Gasteiger partial charge on any atom is 0.118 e. The summed E-state index contributed by atoms with van der Waals surface area (Å²) in [5.74, 6) is 0. The molecule has 0 amide bonds. The Kier molecular flexibility index (Phi) is 4.25. The number of benzene rings is 1. The number of thiazole rings is 1. The van der Waals surface area contributed by atoms with Gasteiger partial charge in [0.15, 0.2) is 0 Å². The van der Waals surface area contributed by atoms with E-state index in [-0.39, 0.29) is 12.1 Å². The highest BCUT2D eigenvalue weighted by Gasteiger charge is 2.39. The van der Waals surface area contributed by atoms with E-state index in [1.807, 2.05) is 12.3 Å². The van der Waals surface area contributed by atoms with Crippen molar-refractivity contribution in [1.82, 2.24) is 14.9 Å². The number of hydrogen-bond donors (Lipinski definition) is 1. The van der Waals surface area contributed by atoms with E-state index in [0.717, 1.165) is 26.4 Å². The first-order chi connectivity index (χ1) is 11.8. The summed E-state index contributed by atoms with van der Waals surface area (Å²) < 4.78 is 15.5. The minimum atomic E-state index is -1.26. The minimum Gasteiger partial charge on any atom is -0.356 e. The zero-order valence-corrected chi connectivity index (χ0v) is 16.9. The van der Waals surface area contributed by atoms with Crippen molar-refractivity contribution < 1.29 is 4.39 Å². The lowest BCUT2D eigenvalue weighted by Crippen LogP contribution is -2.47. The molecule has 132 valence electrons. The van der Waals surface area contributed by atoms with Gasteiger partial charge >= 0.3 is 0 Å². The van der Waals surface area contributed by atoms with Gasteiger partial charge < -0.3 is 4.98 Å². The molecule has 0 unspecified atom stereocenters. The smallest absolute Gasteiger partial charge is 0.118 e. The number of alkyl halides is 1. The van der Waals surface area contributed by atoms with Crippen molar-refractivity contribution in [1.29, 1.82) is 0 Å². The Balaban J connectivity index is 1.90. The number of rotatable bonds is 3. The second-order valence-corrected chi connectivity index (χ2v) is 9.85. The van der Waals surface area contributed by atoms with Gasteiger partial charge in [0.2, 0.25) is 0 Å². The van der Waals surface area contributed by atoms with Gasteiger partial charge in [-0.3, -0.25) is 4.90 Å². The summed E-state index contributed by atoms with van der Waals surface area (Å²) in [4.78, 5) is 10.5. The molecule has 1 N–H and O–H groups in total. The molecule has 4 rings (SSSR count). The van der Waals surface area contributed by atoms with Crippen molar-refractivity contribution in [3.8, 4) is 0 Å². The van der Waals surface area contributed by atoms with Crippen LogP contribution >= 0.6 is 27.3 Å². The fourth-order valence-electron chi connectivity index (χ4n) is 3.85. The molecule has 6 heteroatoms. The fourth-order valence-corrected chi connectivity index (χ4v) is 5.22. The maximum absolute atomic E-state index is 14.5. The quantitative estimate of drug-likeness (QED) is 0.607. The van der Waals surface area contributed by atoms with Gasteiger partial charge in [-0.1, -0.05) is 18.2 Å². The van der Waals surface area contributed by atoms with Crippen LogP contribution < -0.4 is 0 Å². The molecule has 0 aliphatic carbocycles. The number of hydrogen-bond acceptors (Lipinski definition) is 3. The molecule has 25 heavy (non-hydrogen) atoms. The Bertz CT molecular complexity index is 911. The number of para-hydroxylation sites is 1. The van der Waals surface area contributed by atoms with Crippen LogP contribution in [0.15, 0.2) is 34.2 Å². The lowest BCUT2D eigenvalue weighted by Gasteiger charge is -2.41. The predicted molar refractivity (Wildman–Crippen MR) is 105 cm³/mol. The largest absolute Gasteiger partial charge is 0.356 e. The Morgan fingerprint density at radius 2 is 2.16 bits per heavy atom. The van der Waals surface area contributed by atoms with Gasteiger partial charge in [0.05, 0.1) is 9.98 Å². The van der Waals surface area contributed by atoms with E-state index in [0.29, 0.717) is 6.54 Å². The van der Waals surface area contributed by atoms with Gasteiger partial charge in [0.1, 0.15) is 16.7 Å². The summed E-state index contributed by atoms with van der Waals surface area (Å²) in [5, 5.41) is 2.26. The van der Waals surface area contributed by atoms with Crippen molar-refractivity contribution >= 4 is 38.2 Å². The van der Waals surface area contributed by atoms with Crippen LogP contribution in [0, 0.1) is 0 Å². The van der Waals surface area contributed by atoms with Crippen LogP contribution in [0.2, 0.25) is 0 Å². The topological polar surface area (TPSA) is 31.9 Å². The first kappa shape index (κ1) is 17.2. The van der Waals surface area contributed by atoms with Crippen LogP contribution in [0.1, 0.15) is 43.1 Å². The van der Waals surface area contributed by atoms with Crippen LogP contribution in [0.4, 0.5) is 4.39 Å². The highest BCUT2D eigenvalue weighted by atomic mass is 79.9. The molecule has 2 aromatic heterocycles. The number of halogens is 2. The average molecular weight is 422 g/mol. The molecule has 1 aliphatic heterocycles. The standard InChI is InChI=1S/C19H21BrFN3S/c1-11-8-13-12-6-4-5-7-14(12)23-16(13)17(18-22-9-15(20)25-18)24(11)10-19(2,3)21/h4-7,9,11,17,23H,8,10H2,1-3H3/t11-,17+/m1/s1. The molecular weight excluding hydrogens is 401 g/mol. The van der Waals surface area contributed by atoms with E-state index in [1.165, 1.54) is 10.9 Å². The fraction of sp³-hybridized carbons (Fsp3) is 0.421. The number of nitrogens with one attached hydrogen (secondary N) is 1. The third-order valence-corrected chi connectivity index (χ3v) is 6.33. The Labute approximate surface area is 159 Å². The molecule has 0 radical (unpaired) electrons. The molecule has 3 aromatic rings. The molecule has 0 saturated heterocycles. The minimum absolute atomic E-state index is 0.0440. The molecule has 0 saturated carbocycles. The van der Waals surface area contributed by atoms with Crippen molar-refractivity contribution in [3.63, 3.8) is 0 Å². The highest BCUT2D eigenvalue weighted by Crippen LogP contribution is 2.43. The summed E-state index contributed by atoms with van der Waals surface area (Å²) in [6.45, 7) is 5.86. The van der Waals surface area contributed by atoms with Crippen molar-refractivity contribution in [2.45, 2.75) is 44.9 Å². The number of aromatic amines is 1. The normalized spacial score (nSPS) is 21.6. The predicted octanol–water partition coefficient (Wildman–Crippen LogP) is 5.47. The zero-order chi connectivity index (χ0) is 17.8. The number of fused-ring (bicyclic) bond motifs is 3. The summed E-state index contributed by atoms with van der Waals surface area (Å²) in [6, 6.07) is 8.60. The molecule has 0 bridgehead atoms. The number of aromatic nitrogens is 2. The monoisotopic (exact) mass is 421 g/mol. The molecule has 1 aromatic carbocycles. The SMILES string of the molecule is C[C@@H]1Cc2c([nH]c3ccccc23)[C@@H](c2ncc(Br)s2)N1CC(C)(C)F. The molecule has 3 nitrogen and oxygen atoms in total. The van der Waals surface area contributed by atoms with Gasteiger partial charge in [0, 0.05) is 29.2 Å². The second kappa shape index (κ2) is 6.18. The Morgan fingerprint density at radius 3 is 2.84 bits per heavy atom. The van der Waals surface area contributed by atoms with E-state index in [1.54, 1.807) is 25.2 Å².